The molecule has 2 aromatic heterocycles. The largest absolute Gasteiger partial charge is 0.356 e. The minimum Gasteiger partial charge on any atom is -0.356 e. The number of rotatable bonds is 4. The zero-order valence-electron chi connectivity index (χ0n) is 12.3. The van der Waals surface area contributed by atoms with Gasteiger partial charge in [-0.25, -0.2) is 4.98 Å². The van der Waals surface area contributed by atoms with E-state index in [4.69, 9.17) is 0 Å². The molecule has 0 unspecified atom stereocenters. The smallest absolute Gasteiger partial charge is 0.275 e. The Bertz CT molecular complexity index is 887. The number of anilines is 1. The molecule has 0 amide bonds. The number of fused-ring (bicyclic) bond motifs is 1. The quantitative estimate of drug-likeness (QED) is 0.755. The van der Waals surface area contributed by atoms with E-state index in [0.717, 1.165) is 16.6 Å². The summed E-state index contributed by atoms with van der Waals surface area (Å²) >= 11 is 4.87. The first-order valence-electron chi connectivity index (χ1n) is 6.95. The molecule has 0 fully saturated rings. The highest BCUT2D eigenvalue weighted by Gasteiger charge is 2.08. The van der Waals surface area contributed by atoms with Crippen LogP contribution in [0.25, 0.3) is 4.96 Å². The van der Waals surface area contributed by atoms with Crippen molar-refractivity contribution in [3.8, 4) is 0 Å². The lowest BCUT2D eigenvalue weighted by Gasteiger charge is -2.06. The molecule has 0 bridgehead atoms. The van der Waals surface area contributed by atoms with Crippen molar-refractivity contribution in [3.63, 3.8) is 0 Å². The second-order valence-electron chi connectivity index (χ2n) is 4.97. The van der Waals surface area contributed by atoms with E-state index in [-0.39, 0.29) is 5.56 Å². The third-order valence-corrected chi connectivity index (χ3v) is 4.76. The number of nitrogens with zero attached hydrogens (tertiary/aromatic N) is 3. The van der Waals surface area contributed by atoms with Gasteiger partial charge in [0.1, 0.15) is 0 Å². The molecule has 3 aromatic rings. The van der Waals surface area contributed by atoms with Crippen LogP contribution >= 0.6 is 27.3 Å². The molecule has 0 radical (unpaired) electrons. The molecule has 0 aliphatic carbocycles. The van der Waals surface area contributed by atoms with E-state index in [1.54, 1.807) is 0 Å². The average molecular weight is 379 g/mol. The van der Waals surface area contributed by atoms with Crippen LogP contribution in [0.3, 0.4) is 0 Å². The van der Waals surface area contributed by atoms with Gasteiger partial charge >= 0.3 is 0 Å². The van der Waals surface area contributed by atoms with Crippen molar-refractivity contribution in [3.05, 3.63) is 55.9 Å². The predicted molar refractivity (Wildman–Crippen MR) is 92.7 cm³/mol. The van der Waals surface area contributed by atoms with Crippen LogP contribution < -0.4 is 10.9 Å². The fourth-order valence-corrected chi connectivity index (χ4v) is 3.34. The topological polar surface area (TPSA) is 59.3 Å². The van der Waals surface area contributed by atoms with Crippen LogP contribution in [0, 0.1) is 6.92 Å². The molecule has 1 N–H and O–H groups in total. The molecule has 0 aliphatic heterocycles. The van der Waals surface area contributed by atoms with Gasteiger partial charge in [-0.15, -0.1) is 5.10 Å². The Morgan fingerprint density at radius 3 is 2.95 bits per heavy atom. The molecular weight excluding hydrogens is 364 g/mol. The first kappa shape index (κ1) is 15.2. The summed E-state index contributed by atoms with van der Waals surface area (Å²) in [4.78, 5) is 17.0. The SMILES string of the molecule is CCc1cc(=O)n2nc(NCc3cc(Br)ccc3C)sc2n1. The summed E-state index contributed by atoms with van der Waals surface area (Å²) in [5.74, 6) is 0. The summed E-state index contributed by atoms with van der Waals surface area (Å²) in [7, 11) is 0. The van der Waals surface area contributed by atoms with E-state index in [1.165, 1.54) is 33.0 Å². The molecule has 0 spiro atoms. The van der Waals surface area contributed by atoms with Crippen molar-refractivity contribution in [2.45, 2.75) is 26.8 Å². The summed E-state index contributed by atoms with van der Waals surface area (Å²) in [6.45, 7) is 4.70. The van der Waals surface area contributed by atoms with E-state index >= 15 is 0 Å². The monoisotopic (exact) mass is 378 g/mol. The molecule has 1 aromatic carbocycles. The van der Waals surface area contributed by atoms with Gasteiger partial charge in [0.2, 0.25) is 10.1 Å². The van der Waals surface area contributed by atoms with Crippen LogP contribution in [0.2, 0.25) is 0 Å². The van der Waals surface area contributed by atoms with Crippen LogP contribution in [0.4, 0.5) is 5.13 Å². The van der Waals surface area contributed by atoms with Gasteiger partial charge in [-0.2, -0.15) is 4.52 Å². The maximum Gasteiger partial charge on any atom is 0.275 e. The average Bonchev–Trinajstić information content (AvgIpc) is 2.91. The zero-order valence-corrected chi connectivity index (χ0v) is 14.7. The van der Waals surface area contributed by atoms with Gasteiger partial charge in [-0.1, -0.05) is 40.3 Å². The Morgan fingerprint density at radius 1 is 1.36 bits per heavy atom. The van der Waals surface area contributed by atoms with Crippen molar-refractivity contribution >= 4 is 37.4 Å². The van der Waals surface area contributed by atoms with E-state index in [1.807, 2.05) is 13.0 Å². The minimum atomic E-state index is -0.134. The summed E-state index contributed by atoms with van der Waals surface area (Å²) < 4.78 is 2.39. The molecule has 0 aliphatic rings. The van der Waals surface area contributed by atoms with Crippen molar-refractivity contribution < 1.29 is 0 Å². The first-order valence-corrected chi connectivity index (χ1v) is 8.56. The number of benzene rings is 1. The second-order valence-corrected chi connectivity index (χ2v) is 6.84. The van der Waals surface area contributed by atoms with Crippen LogP contribution in [0.5, 0.6) is 0 Å². The van der Waals surface area contributed by atoms with Gasteiger partial charge in [0.05, 0.1) is 0 Å². The number of aromatic nitrogens is 3. The van der Waals surface area contributed by atoms with Gasteiger partial charge in [0, 0.05) is 22.8 Å². The third-order valence-electron chi connectivity index (χ3n) is 3.40. The van der Waals surface area contributed by atoms with E-state index < -0.39 is 0 Å². The molecular formula is C15H15BrN4OS. The number of aryl methyl sites for hydroxylation is 2. The normalized spacial score (nSPS) is 11.0. The van der Waals surface area contributed by atoms with E-state index in [9.17, 15) is 4.79 Å². The Balaban J connectivity index is 1.87. The summed E-state index contributed by atoms with van der Waals surface area (Å²) in [5, 5.41) is 8.25. The van der Waals surface area contributed by atoms with E-state index in [2.05, 4.69) is 50.4 Å². The van der Waals surface area contributed by atoms with Crippen molar-refractivity contribution in [2.24, 2.45) is 0 Å². The van der Waals surface area contributed by atoms with Crippen LogP contribution in [-0.4, -0.2) is 14.6 Å². The molecule has 0 saturated heterocycles. The summed E-state index contributed by atoms with van der Waals surface area (Å²) in [6.07, 6.45) is 0.740. The van der Waals surface area contributed by atoms with Gasteiger partial charge in [-0.3, -0.25) is 4.79 Å². The number of hydrogen-bond acceptors (Lipinski definition) is 5. The van der Waals surface area contributed by atoms with Gasteiger partial charge < -0.3 is 5.32 Å². The van der Waals surface area contributed by atoms with Crippen LogP contribution in [-0.2, 0) is 13.0 Å². The summed E-state index contributed by atoms with van der Waals surface area (Å²) in [5.41, 5.74) is 3.05. The van der Waals surface area contributed by atoms with Crippen LogP contribution in [0.1, 0.15) is 23.7 Å². The summed E-state index contributed by atoms with van der Waals surface area (Å²) in [6, 6.07) is 7.70. The lowest BCUT2D eigenvalue weighted by atomic mass is 10.1. The predicted octanol–water partition coefficient (Wildman–Crippen LogP) is 3.40. The first-order chi connectivity index (χ1) is 10.6. The van der Waals surface area contributed by atoms with Crippen molar-refractivity contribution in [1.29, 1.82) is 0 Å². The van der Waals surface area contributed by atoms with Crippen LogP contribution in [0.15, 0.2) is 33.5 Å². The number of hydrogen-bond donors (Lipinski definition) is 1. The molecule has 114 valence electrons. The molecule has 3 rings (SSSR count). The van der Waals surface area contributed by atoms with Crippen molar-refractivity contribution in [1.82, 2.24) is 14.6 Å². The number of halogens is 1. The lowest BCUT2D eigenvalue weighted by molar-refractivity contribution is 0.874. The van der Waals surface area contributed by atoms with Gasteiger partial charge in [-0.05, 0) is 36.6 Å². The van der Waals surface area contributed by atoms with Gasteiger partial charge in [0.15, 0.2) is 0 Å². The molecule has 0 atom stereocenters. The van der Waals surface area contributed by atoms with Crippen molar-refractivity contribution in [2.75, 3.05) is 5.32 Å². The Kier molecular flexibility index (Phi) is 4.26. The maximum atomic E-state index is 12.0. The minimum absolute atomic E-state index is 0.134. The Hall–Kier alpha value is -1.73. The molecule has 7 heteroatoms. The Morgan fingerprint density at radius 2 is 2.18 bits per heavy atom. The highest BCUT2D eigenvalue weighted by Crippen LogP contribution is 2.20. The maximum absolute atomic E-state index is 12.0. The second kappa shape index (κ2) is 6.18. The fraction of sp³-hybridized carbons (Fsp3) is 0.267. The molecule has 0 saturated carbocycles. The fourth-order valence-electron chi connectivity index (χ4n) is 2.11. The zero-order chi connectivity index (χ0) is 15.7. The van der Waals surface area contributed by atoms with E-state index in [0.29, 0.717) is 16.6 Å². The lowest BCUT2D eigenvalue weighted by Crippen LogP contribution is -2.15. The highest BCUT2D eigenvalue weighted by molar-refractivity contribution is 9.10. The third kappa shape index (κ3) is 3.05. The number of nitrogens with one attached hydrogen (secondary N) is 1. The Labute approximate surface area is 140 Å². The molecule has 22 heavy (non-hydrogen) atoms. The molecule has 2 heterocycles. The standard InChI is InChI=1S/C15H15BrN4OS/c1-3-12-7-13(21)20-15(18-12)22-14(19-20)17-8-10-6-11(16)5-4-9(10)2/h4-7H,3,8H2,1-2H3,(H,17,19). The van der Waals surface area contributed by atoms with Gasteiger partial charge in [0.25, 0.3) is 5.56 Å². The molecule has 5 nitrogen and oxygen atoms in total. The highest BCUT2D eigenvalue weighted by atomic mass is 79.9.